The van der Waals surface area contributed by atoms with Crippen molar-refractivity contribution in [3.8, 4) is 0 Å². The standard InChI is InChI=1S/C15H23NO2/c1-3-4-13-5-7-14(8-6-13)9-11-16-12-10-15(17)18-2/h5-8,16H,3-4,9-12H2,1-2H3. The Labute approximate surface area is 110 Å². The summed E-state index contributed by atoms with van der Waals surface area (Å²) < 4.78 is 4.57. The smallest absolute Gasteiger partial charge is 0.306 e. The average Bonchev–Trinajstić information content (AvgIpc) is 2.40. The van der Waals surface area contributed by atoms with E-state index in [1.165, 1.54) is 24.7 Å². The second-order valence-electron chi connectivity index (χ2n) is 4.39. The molecular formula is C15H23NO2. The lowest BCUT2D eigenvalue weighted by Crippen LogP contribution is -2.21. The van der Waals surface area contributed by atoms with Gasteiger partial charge in [-0.05, 0) is 30.5 Å². The van der Waals surface area contributed by atoms with Crippen LogP contribution in [-0.2, 0) is 22.4 Å². The van der Waals surface area contributed by atoms with E-state index in [-0.39, 0.29) is 5.97 Å². The van der Waals surface area contributed by atoms with Crippen LogP contribution >= 0.6 is 0 Å². The molecule has 0 saturated heterocycles. The van der Waals surface area contributed by atoms with Crippen LogP contribution in [-0.4, -0.2) is 26.2 Å². The van der Waals surface area contributed by atoms with Gasteiger partial charge in [-0.25, -0.2) is 0 Å². The summed E-state index contributed by atoms with van der Waals surface area (Å²) in [5.41, 5.74) is 2.74. The average molecular weight is 249 g/mol. The molecule has 0 aliphatic carbocycles. The van der Waals surface area contributed by atoms with Gasteiger partial charge in [0.25, 0.3) is 0 Å². The number of esters is 1. The van der Waals surface area contributed by atoms with Crippen LogP contribution in [0.3, 0.4) is 0 Å². The number of ether oxygens (including phenoxy) is 1. The third-order valence-electron chi connectivity index (χ3n) is 2.89. The summed E-state index contributed by atoms with van der Waals surface area (Å²) in [6.45, 7) is 3.77. The molecule has 100 valence electrons. The highest BCUT2D eigenvalue weighted by atomic mass is 16.5. The number of carbonyl (C=O) groups excluding carboxylic acids is 1. The van der Waals surface area contributed by atoms with E-state index in [4.69, 9.17) is 0 Å². The maximum Gasteiger partial charge on any atom is 0.306 e. The van der Waals surface area contributed by atoms with Gasteiger partial charge in [0.05, 0.1) is 13.5 Å². The van der Waals surface area contributed by atoms with Crippen LogP contribution in [0.15, 0.2) is 24.3 Å². The molecule has 1 N–H and O–H groups in total. The number of hydrogen-bond acceptors (Lipinski definition) is 3. The molecule has 0 fully saturated rings. The van der Waals surface area contributed by atoms with Crippen molar-refractivity contribution in [2.75, 3.05) is 20.2 Å². The Morgan fingerprint density at radius 1 is 1.11 bits per heavy atom. The second kappa shape index (κ2) is 8.70. The Bertz CT molecular complexity index is 346. The molecule has 0 spiro atoms. The van der Waals surface area contributed by atoms with Gasteiger partial charge < -0.3 is 10.1 Å². The molecule has 3 heteroatoms. The summed E-state index contributed by atoms with van der Waals surface area (Å²) in [6.07, 6.45) is 3.77. The molecule has 1 aromatic carbocycles. The van der Waals surface area contributed by atoms with E-state index in [9.17, 15) is 4.79 Å². The Kier molecular flexibility index (Phi) is 7.11. The van der Waals surface area contributed by atoms with Gasteiger partial charge in [-0.3, -0.25) is 4.79 Å². The van der Waals surface area contributed by atoms with Crippen molar-refractivity contribution in [2.45, 2.75) is 32.6 Å². The maximum atomic E-state index is 10.9. The molecule has 0 aromatic heterocycles. The Morgan fingerprint density at radius 3 is 2.28 bits per heavy atom. The van der Waals surface area contributed by atoms with E-state index in [1.54, 1.807) is 0 Å². The zero-order valence-electron chi connectivity index (χ0n) is 11.4. The van der Waals surface area contributed by atoms with Gasteiger partial charge in [-0.2, -0.15) is 0 Å². The molecule has 0 bridgehead atoms. The molecule has 0 unspecified atom stereocenters. The molecule has 1 rings (SSSR count). The third kappa shape index (κ3) is 5.82. The molecule has 0 radical (unpaired) electrons. The summed E-state index contributed by atoms with van der Waals surface area (Å²) >= 11 is 0. The zero-order valence-corrected chi connectivity index (χ0v) is 11.4. The number of benzene rings is 1. The van der Waals surface area contributed by atoms with Gasteiger partial charge in [0.1, 0.15) is 0 Å². The molecule has 3 nitrogen and oxygen atoms in total. The largest absolute Gasteiger partial charge is 0.469 e. The van der Waals surface area contributed by atoms with Crippen LogP contribution in [0.1, 0.15) is 30.9 Å². The molecule has 0 atom stereocenters. The summed E-state index contributed by atoms with van der Waals surface area (Å²) in [5, 5.41) is 3.24. The fourth-order valence-corrected chi connectivity index (χ4v) is 1.81. The van der Waals surface area contributed by atoms with Crippen molar-refractivity contribution in [1.29, 1.82) is 0 Å². The van der Waals surface area contributed by atoms with Gasteiger partial charge in [0, 0.05) is 6.54 Å². The number of nitrogens with one attached hydrogen (secondary N) is 1. The van der Waals surface area contributed by atoms with Crippen LogP contribution in [0.2, 0.25) is 0 Å². The van der Waals surface area contributed by atoms with Gasteiger partial charge >= 0.3 is 5.97 Å². The first-order chi connectivity index (χ1) is 8.76. The fraction of sp³-hybridized carbons (Fsp3) is 0.533. The van der Waals surface area contributed by atoms with E-state index in [2.05, 4.69) is 41.2 Å². The van der Waals surface area contributed by atoms with Crippen molar-refractivity contribution >= 4 is 5.97 Å². The van der Waals surface area contributed by atoms with Gasteiger partial charge in [-0.1, -0.05) is 37.6 Å². The first-order valence-corrected chi connectivity index (χ1v) is 6.61. The van der Waals surface area contributed by atoms with Crippen molar-refractivity contribution in [2.24, 2.45) is 0 Å². The van der Waals surface area contributed by atoms with Crippen molar-refractivity contribution in [3.05, 3.63) is 35.4 Å². The maximum absolute atomic E-state index is 10.9. The minimum Gasteiger partial charge on any atom is -0.469 e. The van der Waals surface area contributed by atoms with E-state index >= 15 is 0 Å². The van der Waals surface area contributed by atoms with Crippen molar-refractivity contribution in [1.82, 2.24) is 5.32 Å². The topological polar surface area (TPSA) is 38.3 Å². The number of aryl methyl sites for hydroxylation is 1. The summed E-state index contributed by atoms with van der Waals surface area (Å²) in [6, 6.07) is 8.78. The quantitative estimate of drug-likeness (QED) is 0.567. The molecule has 18 heavy (non-hydrogen) atoms. The Hall–Kier alpha value is -1.35. The zero-order chi connectivity index (χ0) is 13.2. The van der Waals surface area contributed by atoms with Crippen LogP contribution in [0.25, 0.3) is 0 Å². The van der Waals surface area contributed by atoms with Crippen LogP contribution in [0.4, 0.5) is 0 Å². The Morgan fingerprint density at radius 2 is 1.72 bits per heavy atom. The monoisotopic (exact) mass is 249 g/mol. The molecule has 0 aliphatic heterocycles. The van der Waals surface area contributed by atoms with Gasteiger partial charge in [0.15, 0.2) is 0 Å². The third-order valence-corrected chi connectivity index (χ3v) is 2.89. The highest BCUT2D eigenvalue weighted by molar-refractivity contribution is 5.69. The molecule has 1 aromatic rings. The number of rotatable bonds is 8. The van der Waals surface area contributed by atoms with E-state index < -0.39 is 0 Å². The molecule has 0 saturated carbocycles. The van der Waals surface area contributed by atoms with E-state index in [0.717, 1.165) is 19.4 Å². The predicted molar refractivity (Wildman–Crippen MR) is 73.6 cm³/mol. The lowest BCUT2D eigenvalue weighted by atomic mass is 10.1. The summed E-state index contributed by atoms with van der Waals surface area (Å²) in [7, 11) is 1.42. The van der Waals surface area contributed by atoms with Crippen LogP contribution in [0.5, 0.6) is 0 Å². The fourth-order valence-electron chi connectivity index (χ4n) is 1.81. The number of hydrogen-bond donors (Lipinski definition) is 1. The van der Waals surface area contributed by atoms with Crippen molar-refractivity contribution < 1.29 is 9.53 Å². The first kappa shape index (κ1) is 14.7. The Balaban J connectivity index is 2.17. The molecule has 0 aliphatic rings. The number of carbonyl (C=O) groups is 1. The minimum absolute atomic E-state index is 0.161. The SMILES string of the molecule is CCCc1ccc(CCNCCC(=O)OC)cc1. The van der Waals surface area contributed by atoms with E-state index in [0.29, 0.717) is 13.0 Å². The highest BCUT2D eigenvalue weighted by Gasteiger charge is 1.99. The molecular weight excluding hydrogens is 226 g/mol. The predicted octanol–water partition coefficient (Wildman–Crippen LogP) is 2.33. The normalized spacial score (nSPS) is 10.3. The minimum atomic E-state index is -0.161. The van der Waals surface area contributed by atoms with E-state index in [1.807, 2.05) is 0 Å². The second-order valence-corrected chi connectivity index (χ2v) is 4.39. The lowest BCUT2D eigenvalue weighted by molar-refractivity contribution is -0.140. The number of methoxy groups -OCH3 is 1. The van der Waals surface area contributed by atoms with Crippen LogP contribution < -0.4 is 5.32 Å². The van der Waals surface area contributed by atoms with Crippen molar-refractivity contribution in [3.63, 3.8) is 0 Å². The summed E-state index contributed by atoms with van der Waals surface area (Å²) in [4.78, 5) is 10.9. The lowest BCUT2D eigenvalue weighted by Gasteiger charge is -2.05. The first-order valence-electron chi connectivity index (χ1n) is 6.61. The molecule has 0 amide bonds. The van der Waals surface area contributed by atoms with Gasteiger partial charge in [0.2, 0.25) is 0 Å². The highest BCUT2D eigenvalue weighted by Crippen LogP contribution is 2.06. The van der Waals surface area contributed by atoms with Crippen LogP contribution in [0, 0.1) is 0 Å². The molecule has 0 heterocycles. The summed E-state index contributed by atoms with van der Waals surface area (Å²) in [5.74, 6) is -0.161. The van der Waals surface area contributed by atoms with Gasteiger partial charge in [-0.15, -0.1) is 0 Å².